The average molecular weight is 666 g/mol. The fourth-order valence-electron chi connectivity index (χ4n) is 5.79. The molecule has 0 bridgehead atoms. The van der Waals surface area contributed by atoms with Crippen molar-refractivity contribution in [2.75, 3.05) is 26.2 Å². The van der Waals surface area contributed by atoms with Gasteiger partial charge < -0.3 is 25.6 Å². The Morgan fingerprint density at radius 3 is 2.38 bits per heavy atom. The number of carbonyl (C=O) groups is 5. The zero-order chi connectivity index (χ0) is 34.7. The van der Waals surface area contributed by atoms with Crippen molar-refractivity contribution in [2.24, 2.45) is 11.3 Å². The number of ether oxygens (including phenoxy) is 1. The van der Waals surface area contributed by atoms with E-state index in [1.165, 1.54) is 18.2 Å². The summed E-state index contributed by atoms with van der Waals surface area (Å²) in [6.07, 6.45) is -1.81. The summed E-state index contributed by atoms with van der Waals surface area (Å²) in [5.41, 5.74) is -0.919. The van der Waals surface area contributed by atoms with Gasteiger partial charge in [-0.25, -0.2) is 14.0 Å². The van der Waals surface area contributed by atoms with E-state index in [-0.39, 0.29) is 48.9 Å². The summed E-state index contributed by atoms with van der Waals surface area (Å²) in [5, 5.41) is 8.04. The van der Waals surface area contributed by atoms with Crippen LogP contribution in [0.25, 0.3) is 0 Å². The highest BCUT2D eigenvalue weighted by molar-refractivity contribution is 6.03. The number of urea groups is 1. The molecule has 1 spiro atoms. The van der Waals surface area contributed by atoms with Gasteiger partial charge in [0.25, 0.3) is 0 Å². The lowest BCUT2D eigenvalue weighted by Gasteiger charge is -2.32. The molecule has 3 atom stereocenters. The summed E-state index contributed by atoms with van der Waals surface area (Å²) in [7, 11) is 0. The highest BCUT2D eigenvalue weighted by Crippen LogP contribution is 2.48. The molecule has 1 saturated heterocycles. The number of allylic oxidation sites excluding steroid dienone is 3. The lowest BCUT2D eigenvalue weighted by molar-refractivity contribution is -0.187. The number of alkyl halides is 3. The van der Waals surface area contributed by atoms with Crippen molar-refractivity contribution >= 4 is 29.7 Å². The van der Waals surface area contributed by atoms with Crippen LogP contribution in [0.4, 0.5) is 27.2 Å². The first-order valence-electron chi connectivity index (χ1n) is 15.3. The molecule has 256 valence electrons. The number of nitrogens with zero attached hydrogens (tertiary/aromatic N) is 2. The van der Waals surface area contributed by atoms with Crippen LogP contribution in [0, 0.1) is 17.2 Å². The van der Waals surface area contributed by atoms with Gasteiger partial charge in [0.05, 0.1) is 12.2 Å². The summed E-state index contributed by atoms with van der Waals surface area (Å²) in [6, 6.07) is 1.91. The molecule has 15 heteroatoms. The predicted octanol–water partition coefficient (Wildman–Crippen LogP) is 3.95. The minimum atomic E-state index is -4.76. The smallest absolute Gasteiger partial charge is 0.411 e. The molecule has 1 aromatic rings. The van der Waals surface area contributed by atoms with Crippen LogP contribution in [0.2, 0.25) is 0 Å². The maximum Gasteiger partial charge on any atom is 0.411 e. The predicted molar refractivity (Wildman–Crippen MR) is 161 cm³/mol. The fourth-order valence-corrected chi connectivity index (χ4v) is 5.79. The second kappa shape index (κ2) is 13.7. The minimum absolute atomic E-state index is 0.0410. The van der Waals surface area contributed by atoms with Crippen LogP contribution in [-0.4, -0.2) is 83.5 Å². The number of Topliss-reactive ketones (excluding diaryl/α,β-unsaturated/α-hetero) is 1. The minimum Gasteiger partial charge on any atom is -0.436 e. The van der Waals surface area contributed by atoms with Crippen molar-refractivity contribution in [3.63, 3.8) is 0 Å². The van der Waals surface area contributed by atoms with Crippen molar-refractivity contribution in [3.8, 4) is 0 Å². The molecule has 1 aliphatic heterocycles. The first-order chi connectivity index (χ1) is 21.9. The van der Waals surface area contributed by atoms with E-state index in [1.807, 2.05) is 13.8 Å². The van der Waals surface area contributed by atoms with E-state index >= 15 is 0 Å². The molecule has 0 radical (unpaired) electrons. The number of amides is 5. The molecule has 2 fully saturated rings. The molecular formula is C32H39F4N5O6. The molecular weight excluding hydrogens is 626 g/mol. The van der Waals surface area contributed by atoms with E-state index < -0.39 is 66.1 Å². The van der Waals surface area contributed by atoms with Gasteiger partial charge in [-0.2, -0.15) is 13.2 Å². The summed E-state index contributed by atoms with van der Waals surface area (Å²) in [5.74, 6) is -2.77. The molecule has 0 aromatic heterocycles. The Morgan fingerprint density at radius 2 is 1.74 bits per heavy atom. The molecule has 11 nitrogen and oxygen atoms in total. The second-order valence-corrected chi connectivity index (χ2v) is 12.8. The molecule has 5 amide bonds. The molecule has 2 unspecified atom stereocenters. The Hall–Kier alpha value is -4.43. The van der Waals surface area contributed by atoms with Crippen molar-refractivity contribution < 1.29 is 46.3 Å². The highest BCUT2D eigenvalue weighted by atomic mass is 19.4. The zero-order valence-electron chi connectivity index (χ0n) is 26.6. The quantitative estimate of drug-likeness (QED) is 0.307. The normalized spacial score (nSPS) is 21.4. The van der Waals surface area contributed by atoms with Gasteiger partial charge in [0.15, 0.2) is 11.4 Å². The van der Waals surface area contributed by atoms with Crippen LogP contribution < -0.4 is 16.0 Å². The van der Waals surface area contributed by atoms with Crippen LogP contribution in [0.1, 0.15) is 52.5 Å². The van der Waals surface area contributed by atoms with Crippen LogP contribution >= 0.6 is 0 Å². The molecule has 1 heterocycles. The van der Waals surface area contributed by atoms with Crippen LogP contribution in [0.15, 0.2) is 47.7 Å². The van der Waals surface area contributed by atoms with Crippen molar-refractivity contribution in [1.29, 1.82) is 0 Å². The van der Waals surface area contributed by atoms with Gasteiger partial charge in [0, 0.05) is 32.0 Å². The SMILES string of the molecule is CCC(=O)NCC(C)(C)CNC(=O)NC1=CC=C2C(CC[C@]23CN(CC(=O)N(Cc2ccc(F)cc2)C(C)C(F)(F)F)C(=O)O3)C1=O. The monoisotopic (exact) mass is 665 g/mol. The lowest BCUT2D eigenvalue weighted by atomic mass is 9.85. The van der Waals surface area contributed by atoms with Gasteiger partial charge in [0.2, 0.25) is 11.8 Å². The number of hydrogen-bond donors (Lipinski definition) is 3. The second-order valence-electron chi connectivity index (χ2n) is 12.8. The van der Waals surface area contributed by atoms with Gasteiger partial charge in [-0.3, -0.25) is 19.3 Å². The van der Waals surface area contributed by atoms with E-state index in [0.29, 0.717) is 23.4 Å². The van der Waals surface area contributed by atoms with Gasteiger partial charge >= 0.3 is 18.3 Å². The number of halogens is 4. The summed E-state index contributed by atoms with van der Waals surface area (Å²) in [6.45, 7) is 5.53. The third-order valence-corrected chi connectivity index (χ3v) is 8.65. The van der Waals surface area contributed by atoms with Crippen molar-refractivity contribution in [2.45, 2.75) is 71.3 Å². The van der Waals surface area contributed by atoms with Crippen LogP contribution in [0.5, 0.6) is 0 Å². The molecule has 2 aliphatic carbocycles. The highest BCUT2D eigenvalue weighted by Gasteiger charge is 2.56. The average Bonchev–Trinajstić information content (AvgIpc) is 3.53. The molecule has 4 rings (SSSR count). The summed E-state index contributed by atoms with van der Waals surface area (Å²) < 4.78 is 60.2. The van der Waals surface area contributed by atoms with Crippen molar-refractivity contribution in [1.82, 2.24) is 25.8 Å². The Labute approximate surface area is 269 Å². The standard InChI is InChI=1S/C32H39F4N5O6/c1-5-25(42)37-16-30(3,4)17-38-28(45)39-24-11-10-23-22(27(24)44)12-13-31(23)18-40(29(46)47-31)15-26(43)41(19(2)32(34,35)36)14-20-6-8-21(33)9-7-20/h6-11,19,22H,5,12-18H2,1-4H3,(H,37,42)(H2,38,39,45)/t19?,22?,31-/m0/s1. The third-order valence-electron chi connectivity index (χ3n) is 8.65. The molecule has 1 aromatic carbocycles. The van der Waals surface area contributed by atoms with Crippen LogP contribution in [-0.2, 0) is 25.7 Å². The van der Waals surface area contributed by atoms with Gasteiger partial charge in [0.1, 0.15) is 18.4 Å². The number of ketones is 1. The van der Waals surface area contributed by atoms with E-state index in [1.54, 1.807) is 13.0 Å². The zero-order valence-corrected chi connectivity index (χ0v) is 26.6. The number of nitrogens with one attached hydrogen (secondary N) is 3. The van der Waals surface area contributed by atoms with Gasteiger partial charge in [-0.15, -0.1) is 0 Å². The number of carbonyl (C=O) groups excluding carboxylic acids is 5. The maximum absolute atomic E-state index is 13.7. The third kappa shape index (κ3) is 8.30. The number of benzene rings is 1. The van der Waals surface area contributed by atoms with E-state index in [9.17, 15) is 41.5 Å². The Balaban J connectivity index is 1.42. The first-order valence-corrected chi connectivity index (χ1v) is 15.3. The van der Waals surface area contributed by atoms with E-state index in [4.69, 9.17) is 4.74 Å². The van der Waals surface area contributed by atoms with E-state index in [0.717, 1.165) is 24.0 Å². The topological polar surface area (TPSA) is 137 Å². The Morgan fingerprint density at radius 1 is 1.09 bits per heavy atom. The number of hydrogen-bond acceptors (Lipinski definition) is 6. The molecule has 3 aliphatic rings. The summed E-state index contributed by atoms with van der Waals surface area (Å²) in [4.78, 5) is 65.3. The molecule has 3 N–H and O–H groups in total. The maximum atomic E-state index is 13.7. The number of rotatable bonds is 11. The largest absolute Gasteiger partial charge is 0.436 e. The lowest BCUT2D eigenvalue weighted by Crippen LogP contribution is -2.50. The Kier molecular flexibility index (Phi) is 10.4. The summed E-state index contributed by atoms with van der Waals surface area (Å²) >= 11 is 0. The van der Waals surface area contributed by atoms with Gasteiger partial charge in [-0.05, 0) is 54.5 Å². The van der Waals surface area contributed by atoms with Crippen LogP contribution in [0.3, 0.4) is 0 Å². The number of fused-ring (bicyclic) bond motifs is 2. The molecule has 1 saturated carbocycles. The Bertz CT molecular complexity index is 1470. The fraction of sp³-hybridized carbons (Fsp3) is 0.531. The first kappa shape index (κ1) is 35.4. The van der Waals surface area contributed by atoms with Gasteiger partial charge in [-0.1, -0.05) is 39.0 Å². The van der Waals surface area contributed by atoms with Crippen molar-refractivity contribution in [3.05, 3.63) is 59.1 Å². The molecule has 47 heavy (non-hydrogen) atoms. The van der Waals surface area contributed by atoms with E-state index in [2.05, 4.69) is 16.0 Å².